The number of halogens is 1. The van der Waals surface area contributed by atoms with Gasteiger partial charge in [0.25, 0.3) is 5.91 Å². The summed E-state index contributed by atoms with van der Waals surface area (Å²) < 4.78 is 5.18. The van der Waals surface area contributed by atoms with Gasteiger partial charge in [-0.3, -0.25) is 9.59 Å². The minimum absolute atomic E-state index is 0.140. The van der Waals surface area contributed by atoms with Crippen LogP contribution in [0.25, 0.3) is 0 Å². The molecule has 0 saturated heterocycles. The van der Waals surface area contributed by atoms with Crippen molar-refractivity contribution in [1.29, 1.82) is 5.26 Å². The smallest absolute Gasteiger partial charge is 0.307 e. The lowest BCUT2D eigenvalue weighted by molar-refractivity contribution is -0.140. The van der Waals surface area contributed by atoms with Gasteiger partial charge in [0.1, 0.15) is 0 Å². The van der Waals surface area contributed by atoms with Gasteiger partial charge in [0, 0.05) is 16.0 Å². The second-order valence-electron chi connectivity index (χ2n) is 3.79. The van der Waals surface area contributed by atoms with Crippen molar-refractivity contribution in [2.45, 2.75) is 12.5 Å². The van der Waals surface area contributed by atoms with Crippen molar-refractivity contribution >= 4 is 34.5 Å². The molecule has 19 heavy (non-hydrogen) atoms. The monoisotopic (exact) mass is 372 g/mol. The van der Waals surface area contributed by atoms with Gasteiger partial charge < -0.3 is 10.1 Å². The number of esters is 1. The molecule has 0 unspecified atom stereocenters. The highest BCUT2D eigenvalue weighted by Crippen LogP contribution is 2.06. The summed E-state index contributed by atoms with van der Waals surface area (Å²) in [6.07, 6.45) is 0.140. The Morgan fingerprint density at radius 3 is 2.53 bits per heavy atom. The maximum Gasteiger partial charge on any atom is 0.307 e. The molecule has 0 heterocycles. The Hall–Kier alpha value is -1.62. The quantitative estimate of drug-likeness (QED) is 0.484. The van der Waals surface area contributed by atoms with Crippen LogP contribution in [0.2, 0.25) is 0 Å². The van der Waals surface area contributed by atoms with Crippen LogP contribution >= 0.6 is 22.6 Å². The maximum absolute atomic E-state index is 11.9. The number of methoxy groups -OCH3 is 1. The molecule has 0 aromatic heterocycles. The Morgan fingerprint density at radius 1 is 1.42 bits per heavy atom. The summed E-state index contributed by atoms with van der Waals surface area (Å²) in [6, 6.07) is 8.03. The van der Waals surface area contributed by atoms with Crippen molar-refractivity contribution in [3.63, 3.8) is 0 Å². The number of ether oxygens (including phenoxy) is 1. The van der Waals surface area contributed by atoms with Crippen LogP contribution in [0.5, 0.6) is 0 Å². The molecule has 100 valence electrons. The summed E-state index contributed by atoms with van der Waals surface area (Å²) in [5, 5.41) is 11.4. The van der Waals surface area contributed by atoms with Gasteiger partial charge in [0.15, 0.2) is 0 Å². The highest BCUT2D eigenvalue weighted by Gasteiger charge is 2.16. The van der Waals surface area contributed by atoms with E-state index in [9.17, 15) is 9.59 Å². The number of carbonyl (C=O) groups is 2. The van der Waals surface area contributed by atoms with Gasteiger partial charge in [0.2, 0.25) is 0 Å². The van der Waals surface area contributed by atoms with E-state index in [1.165, 1.54) is 7.11 Å². The van der Waals surface area contributed by atoms with E-state index in [1.54, 1.807) is 24.3 Å². The molecule has 1 N–H and O–H groups in total. The van der Waals surface area contributed by atoms with Crippen LogP contribution in [0, 0.1) is 11.3 Å². The number of nitrogens with zero attached hydrogens (tertiary/aromatic N) is 1. The summed E-state index contributed by atoms with van der Waals surface area (Å²) in [7, 11) is 1.31. The summed E-state index contributed by atoms with van der Waals surface area (Å²) in [6.45, 7) is 0. The Bertz CT molecular complexity index is 494. The highest BCUT2D eigenvalue weighted by atomic mass is 127. The number of rotatable bonds is 5. The third-order valence-corrected chi connectivity index (χ3v) is 3.50. The van der Waals surface area contributed by atoms with Gasteiger partial charge in [-0.1, -0.05) is 22.6 Å². The minimum Gasteiger partial charge on any atom is -0.469 e. The second kappa shape index (κ2) is 7.74. The van der Waals surface area contributed by atoms with E-state index in [4.69, 9.17) is 5.26 Å². The van der Waals surface area contributed by atoms with Crippen molar-refractivity contribution in [3.05, 3.63) is 35.4 Å². The van der Waals surface area contributed by atoms with Gasteiger partial charge >= 0.3 is 5.97 Å². The molecular weight excluding hydrogens is 359 g/mol. The van der Waals surface area contributed by atoms with E-state index >= 15 is 0 Å². The Kier molecular flexibility index (Phi) is 6.29. The first-order chi connectivity index (χ1) is 9.10. The summed E-state index contributed by atoms with van der Waals surface area (Å²) in [5.41, 5.74) is 0.954. The first-order valence-electron chi connectivity index (χ1n) is 5.54. The molecule has 0 aliphatic carbocycles. The number of nitrogens with one attached hydrogen (secondary N) is 1. The third-order valence-electron chi connectivity index (χ3n) is 2.44. The number of benzene rings is 1. The van der Waals surface area contributed by atoms with E-state index in [2.05, 4.69) is 32.6 Å². The molecule has 1 atom stereocenters. The SMILES string of the molecule is COC(=O)C[C@@H](CI)NC(=O)c1ccc(C#N)cc1. The van der Waals surface area contributed by atoms with E-state index in [0.29, 0.717) is 15.6 Å². The Balaban J connectivity index is 2.66. The van der Waals surface area contributed by atoms with Gasteiger partial charge in [-0.2, -0.15) is 5.26 Å². The molecule has 1 aromatic rings. The summed E-state index contributed by atoms with van der Waals surface area (Å²) >= 11 is 2.10. The van der Waals surface area contributed by atoms with Gasteiger partial charge in [-0.05, 0) is 24.3 Å². The van der Waals surface area contributed by atoms with Gasteiger partial charge in [-0.15, -0.1) is 0 Å². The third kappa shape index (κ3) is 4.87. The van der Waals surface area contributed by atoms with Crippen LogP contribution in [-0.4, -0.2) is 29.5 Å². The molecule has 0 spiro atoms. The number of carbonyl (C=O) groups excluding carboxylic acids is 2. The topological polar surface area (TPSA) is 79.2 Å². The molecule has 6 heteroatoms. The van der Waals surface area contributed by atoms with Crippen LogP contribution in [0.15, 0.2) is 24.3 Å². The van der Waals surface area contributed by atoms with Crippen LogP contribution in [-0.2, 0) is 9.53 Å². The zero-order valence-electron chi connectivity index (χ0n) is 10.4. The van der Waals surface area contributed by atoms with Crippen molar-refractivity contribution in [2.24, 2.45) is 0 Å². The molecule has 0 aliphatic rings. The predicted octanol–water partition coefficient (Wildman–Crippen LogP) is 1.65. The largest absolute Gasteiger partial charge is 0.469 e. The lowest BCUT2D eigenvalue weighted by Crippen LogP contribution is -2.37. The number of hydrogen-bond acceptors (Lipinski definition) is 4. The standard InChI is InChI=1S/C13H13IN2O3/c1-19-12(17)6-11(7-14)16-13(18)10-4-2-9(8-15)3-5-10/h2-5,11H,6-7H2,1H3,(H,16,18)/t11-/m0/s1. The maximum atomic E-state index is 11.9. The van der Waals surface area contributed by atoms with E-state index in [0.717, 1.165) is 0 Å². The zero-order chi connectivity index (χ0) is 14.3. The van der Waals surface area contributed by atoms with Crippen molar-refractivity contribution < 1.29 is 14.3 Å². The molecule has 5 nitrogen and oxygen atoms in total. The fourth-order valence-corrected chi connectivity index (χ4v) is 1.93. The number of alkyl halides is 1. The molecule has 0 bridgehead atoms. The molecule has 0 saturated carbocycles. The normalized spacial score (nSPS) is 11.2. The Morgan fingerprint density at radius 2 is 2.05 bits per heavy atom. The molecule has 1 rings (SSSR count). The first-order valence-corrected chi connectivity index (χ1v) is 7.07. The van der Waals surface area contributed by atoms with Crippen LogP contribution < -0.4 is 5.32 Å². The van der Waals surface area contributed by atoms with Crippen molar-refractivity contribution in [1.82, 2.24) is 5.32 Å². The predicted molar refractivity (Wildman–Crippen MR) is 77.9 cm³/mol. The lowest BCUT2D eigenvalue weighted by atomic mass is 10.1. The molecule has 0 aliphatic heterocycles. The summed E-state index contributed by atoms with van der Waals surface area (Å²) in [4.78, 5) is 23.1. The highest BCUT2D eigenvalue weighted by molar-refractivity contribution is 14.1. The number of hydrogen-bond donors (Lipinski definition) is 1. The summed E-state index contributed by atoms with van der Waals surface area (Å²) in [5.74, 6) is -0.628. The number of amides is 1. The fourth-order valence-electron chi connectivity index (χ4n) is 1.39. The zero-order valence-corrected chi connectivity index (χ0v) is 12.5. The van der Waals surface area contributed by atoms with Gasteiger partial charge in [0.05, 0.1) is 25.2 Å². The van der Waals surface area contributed by atoms with Gasteiger partial charge in [-0.25, -0.2) is 0 Å². The average molecular weight is 372 g/mol. The van der Waals surface area contributed by atoms with E-state index in [1.807, 2.05) is 6.07 Å². The van der Waals surface area contributed by atoms with Crippen molar-refractivity contribution in [2.75, 3.05) is 11.5 Å². The van der Waals surface area contributed by atoms with Crippen molar-refractivity contribution in [3.8, 4) is 6.07 Å². The van der Waals surface area contributed by atoms with Crippen LogP contribution in [0.4, 0.5) is 0 Å². The number of nitriles is 1. The fraction of sp³-hybridized carbons (Fsp3) is 0.308. The lowest BCUT2D eigenvalue weighted by Gasteiger charge is -2.14. The first kappa shape index (κ1) is 15.4. The second-order valence-corrected chi connectivity index (χ2v) is 4.67. The van der Waals surface area contributed by atoms with Crippen LogP contribution in [0.1, 0.15) is 22.3 Å². The average Bonchev–Trinajstić information content (AvgIpc) is 2.46. The van der Waals surface area contributed by atoms with E-state index < -0.39 is 0 Å². The molecule has 0 radical (unpaired) electrons. The molecular formula is C13H13IN2O3. The van der Waals surface area contributed by atoms with Crippen LogP contribution in [0.3, 0.4) is 0 Å². The Labute approximate surface area is 125 Å². The molecule has 0 fully saturated rings. The molecule has 1 aromatic carbocycles. The van der Waals surface area contributed by atoms with E-state index in [-0.39, 0.29) is 24.3 Å². The molecule has 1 amide bonds. The minimum atomic E-state index is -0.359.